The molecule has 0 aromatic rings. The summed E-state index contributed by atoms with van der Waals surface area (Å²) in [5, 5.41) is 0. The van der Waals surface area contributed by atoms with Crippen LogP contribution in [0.25, 0.3) is 0 Å². The lowest BCUT2D eigenvalue weighted by molar-refractivity contribution is 0.670. The van der Waals surface area contributed by atoms with Crippen LogP contribution in [-0.2, 0) is 10.8 Å². The van der Waals surface area contributed by atoms with Gasteiger partial charge in [-0.05, 0) is 13.3 Å². The molecule has 0 heterocycles. The molecule has 0 rings (SSSR count). The molecular weight excluding hydrogens is 146 g/mol. The van der Waals surface area contributed by atoms with E-state index < -0.39 is 10.8 Å². The maximum atomic E-state index is 10.9. The molecule has 0 aliphatic carbocycles. The third-order valence-electron chi connectivity index (χ3n) is 1.05. The van der Waals surface area contributed by atoms with Crippen LogP contribution >= 0.6 is 0 Å². The van der Waals surface area contributed by atoms with Gasteiger partial charge in [-0.25, -0.2) is 0 Å². The fourth-order valence-corrected chi connectivity index (χ4v) is 1.45. The molecule has 0 aromatic carbocycles. The molecule has 0 aromatic heterocycles. The second-order valence-corrected chi connectivity index (χ2v) is 3.83. The minimum Gasteiger partial charge on any atom is -0.328 e. The lowest BCUT2D eigenvalue weighted by Crippen LogP contribution is -2.18. The Hall–Kier alpha value is -0.330. The standard InChI is InChI=1S/C7H13NOS/c1-3-5-10(9)6-4-7(2)8/h1,7H,4-6,8H2,2H3. The zero-order chi connectivity index (χ0) is 7.98. The Morgan fingerprint density at radius 1 is 1.80 bits per heavy atom. The van der Waals surface area contributed by atoms with E-state index in [1.165, 1.54) is 0 Å². The first kappa shape index (κ1) is 9.67. The van der Waals surface area contributed by atoms with Gasteiger partial charge in [0.05, 0.1) is 5.75 Å². The Balaban J connectivity index is 3.33. The molecule has 58 valence electrons. The first-order valence-corrected chi connectivity index (χ1v) is 4.69. The SMILES string of the molecule is C#CCS(=O)CCC(C)N. The highest BCUT2D eigenvalue weighted by molar-refractivity contribution is 7.85. The van der Waals surface area contributed by atoms with Gasteiger partial charge in [0.1, 0.15) is 0 Å². The minimum atomic E-state index is -0.857. The topological polar surface area (TPSA) is 43.1 Å². The molecule has 0 bridgehead atoms. The van der Waals surface area contributed by atoms with E-state index in [2.05, 4.69) is 5.92 Å². The van der Waals surface area contributed by atoms with Crippen molar-refractivity contribution in [2.24, 2.45) is 5.73 Å². The molecule has 0 aliphatic heterocycles. The minimum absolute atomic E-state index is 0.127. The molecular formula is C7H13NOS. The van der Waals surface area contributed by atoms with Gasteiger partial charge in [-0.3, -0.25) is 4.21 Å². The van der Waals surface area contributed by atoms with Crippen molar-refractivity contribution >= 4 is 10.8 Å². The molecule has 0 saturated carbocycles. The maximum absolute atomic E-state index is 10.9. The summed E-state index contributed by atoms with van der Waals surface area (Å²) in [6, 6.07) is 0.127. The highest BCUT2D eigenvalue weighted by atomic mass is 32.2. The van der Waals surface area contributed by atoms with Crippen LogP contribution in [0.2, 0.25) is 0 Å². The lowest BCUT2D eigenvalue weighted by atomic mass is 10.3. The van der Waals surface area contributed by atoms with Crippen LogP contribution in [0.1, 0.15) is 13.3 Å². The highest BCUT2D eigenvalue weighted by Crippen LogP contribution is 1.90. The van der Waals surface area contributed by atoms with Crippen molar-refractivity contribution in [1.82, 2.24) is 0 Å². The van der Waals surface area contributed by atoms with Crippen LogP contribution in [0, 0.1) is 12.3 Å². The lowest BCUT2D eigenvalue weighted by Gasteiger charge is -2.01. The van der Waals surface area contributed by atoms with E-state index in [9.17, 15) is 4.21 Å². The number of terminal acetylenes is 1. The Bertz CT molecular complexity index is 148. The van der Waals surface area contributed by atoms with Crippen molar-refractivity contribution in [2.75, 3.05) is 11.5 Å². The van der Waals surface area contributed by atoms with Crippen LogP contribution in [0.3, 0.4) is 0 Å². The number of rotatable bonds is 4. The number of hydrogen-bond donors (Lipinski definition) is 1. The van der Waals surface area contributed by atoms with E-state index in [0.29, 0.717) is 11.5 Å². The number of nitrogens with two attached hydrogens (primary N) is 1. The molecule has 0 radical (unpaired) electrons. The van der Waals surface area contributed by atoms with E-state index in [0.717, 1.165) is 6.42 Å². The van der Waals surface area contributed by atoms with E-state index in [4.69, 9.17) is 12.2 Å². The van der Waals surface area contributed by atoms with Gasteiger partial charge in [-0.1, -0.05) is 5.92 Å². The van der Waals surface area contributed by atoms with Gasteiger partial charge in [0.25, 0.3) is 0 Å². The summed E-state index contributed by atoms with van der Waals surface area (Å²) in [4.78, 5) is 0. The van der Waals surface area contributed by atoms with Crippen LogP contribution in [0.5, 0.6) is 0 Å². The van der Waals surface area contributed by atoms with Crippen molar-refractivity contribution in [1.29, 1.82) is 0 Å². The van der Waals surface area contributed by atoms with Gasteiger partial charge >= 0.3 is 0 Å². The Kier molecular flexibility index (Phi) is 5.27. The summed E-state index contributed by atoms with van der Waals surface area (Å²) in [6.07, 6.45) is 5.75. The largest absolute Gasteiger partial charge is 0.328 e. The Morgan fingerprint density at radius 3 is 2.80 bits per heavy atom. The van der Waals surface area contributed by atoms with Crippen molar-refractivity contribution in [3.8, 4) is 12.3 Å². The summed E-state index contributed by atoms with van der Waals surface area (Å²) in [6.45, 7) is 1.90. The van der Waals surface area contributed by atoms with E-state index in [1.54, 1.807) is 0 Å². The summed E-state index contributed by atoms with van der Waals surface area (Å²) in [7, 11) is -0.857. The molecule has 0 saturated heterocycles. The van der Waals surface area contributed by atoms with Gasteiger partial charge < -0.3 is 5.73 Å². The maximum Gasteiger partial charge on any atom is 0.0844 e. The first-order valence-electron chi connectivity index (χ1n) is 3.21. The van der Waals surface area contributed by atoms with Gasteiger partial charge in [-0.15, -0.1) is 6.42 Å². The second kappa shape index (κ2) is 5.45. The number of hydrogen-bond acceptors (Lipinski definition) is 2. The molecule has 2 N–H and O–H groups in total. The molecule has 2 unspecified atom stereocenters. The van der Waals surface area contributed by atoms with Crippen LogP contribution in [-0.4, -0.2) is 21.8 Å². The van der Waals surface area contributed by atoms with Gasteiger partial charge in [0.2, 0.25) is 0 Å². The Labute approximate surface area is 64.6 Å². The third-order valence-corrected chi connectivity index (χ3v) is 2.22. The van der Waals surface area contributed by atoms with Crippen molar-refractivity contribution in [3.05, 3.63) is 0 Å². The smallest absolute Gasteiger partial charge is 0.0844 e. The van der Waals surface area contributed by atoms with Gasteiger partial charge in [0.15, 0.2) is 0 Å². The molecule has 0 spiro atoms. The molecule has 10 heavy (non-hydrogen) atoms. The fourth-order valence-electron chi connectivity index (χ4n) is 0.482. The Morgan fingerprint density at radius 2 is 2.40 bits per heavy atom. The summed E-state index contributed by atoms with van der Waals surface area (Å²) in [5.41, 5.74) is 5.45. The van der Waals surface area contributed by atoms with E-state index in [1.807, 2.05) is 6.92 Å². The average Bonchev–Trinajstić information content (AvgIpc) is 1.85. The zero-order valence-corrected chi connectivity index (χ0v) is 6.99. The normalized spacial score (nSPS) is 15.7. The molecule has 0 fully saturated rings. The summed E-state index contributed by atoms with van der Waals surface area (Å²) in [5.74, 6) is 3.33. The summed E-state index contributed by atoms with van der Waals surface area (Å²) >= 11 is 0. The van der Waals surface area contributed by atoms with Gasteiger partial charge in [0, 0.05) is 22.6 Å². The van der Waals surface area contributed by atoms with Gasteiger partial charge in [-0.2, -0.15) is 0 Å². The molecule has 2 nitrogen and oxygen atoms in total. The van der Waals surface area contributed by atoms with E-state index >= 15 is 0 Å². The average molecular weight is 159 g/mol. The predicted octanol–water partition coefficient (Wildman–Crippen LogP) is 0.106. The van der Waals surface area contributed by atoms with Crippen molar-refractivity contribution < 1.29 is 4.21 Å². The fraction of sp³-hybridized carbons (Fsp3) is 0.714. The predicted molar refractivity (Wildman–Crippen MR) is 45.0 cm³/mol. The third kappa shape index (κ3) is 5.80. The molecule has 3 heteroatoms. The molecule has 0 amide bonds. The van der Waals surface area contributed by atoms with Crippen molar-refractivity contribution in [3.63, 3.8) is 0 Å². The van der Waals surface area contributed by atoms with Crippen molar-refractivity contribution in [2.45, 2.75) is 19.4 Å². The molecule has 2 atom stereocenters. The van der Waals surface area contributed by atoms with E-state index in [-0.39, 0.29) is 6.04 Å². The van der Waals surface area contributed by atoms with Crippen LogP contribution in [0.4, 0.5) is 0 Å². The monoisotopic (exact) mass is 159 g/mol. The quantitative estimate of drug-likeness (QED) is 0.591. The van der Waals surface area contributed by atoms with Crippen LogP contribution < -0.4 is 5.73 Å². The molecule has 0 aliphatic rings. The van der Waals surface area contributed by atoms with Crippen LogP contribution in [0.15, 0.2) is 0 Å². The summed E-state index contributed by atoms with van der Waals surface area (Å²) < 4.78 is 10.9. The first-order chi connectivity index (χ1) is 4.66. The highest BCUT2D eigenvalue weighted by Gasteiger charge is 1.98. The zero-order valence-electron chi connectivity index (χ0n) is 6.17. The second-order valence-electron chi connectivity index (χ2n) is 2.26.